The molecule has 1 amide bonds. The van der Waals surface area contributed by atoms with Crippen molar-refractivity contribution in [1.29, 1.82) is 0 Å². The first kappa shape index (κ1) is 19.1. The minimum absolute atomic E-state index is 0.135. The first-order chi connectivity index (χ1) is 12.9. The third-order valence-corrected chi connectivity index (χ3v) is 4.88. The fourth-order valence-electron chi connectivity index (χ4n) is 3.28. The second kappa shape index (κ2) is 7.94. The highest BCUT2D eigenvalue weighted by atomic mass is 16.6. The van der Waals surface area contributed by atoms with Gasteiger partial charge in [-0.2, -0.15) is 0 Å². The minimum Gasteiger partial charge on any atom is -0.427 e. The highest BCUT2D eigenvalue weighted by Crippen LogP contribution is 2.18. The van der Waals surface area contributed by atoms with Crippen LogP contribution in [0.2, 0.25) is 0 Å². The number of hydrogen-bond acceptors (Lipinski definition) is 7. The van der Waals surface area contributed by atoms with Crippen LogP contribution in [0.3, 0.4) is 0 Å². The van der Waals surface area contributed by atoms with Crippen LogP contribution in [0.5, 0.6) is 0 Å². The Morgan fingerprint density at radius 1 is 1.19 bits per heavy atom. The molecule has 1 aliphatic heterocycles. The molecule has 8 nitrogen and oxygen atoms in total. The largest absolute Gasteiger partial charge is 0.427 e. The van der Waals surface area contributed by atoms with Crippen molar-refractivity contribution in [2.45, 2.75) is 40.5 Å². The maximum Gasteiger partial charge on any atom is 0.349 e. The normalized spacial score (nSPS) is 14.9. The molecule has 3 rings (SSSR count). The molecule has 0 atom stereocenters. The molecule has 0 spiro atoms. The number of anilines is 1. The van der Waals surface area contributed by atoms with Crippen molar-refractivity contribution in [2.75, 3.05) is 31.1 Å². The Bertz CT molecular complexity index is 863. The maximum atomic E-state index is 12.9. The first-order valence-electron chi connectivity index (χ1n) is 9.33. The van der Waals surface area contributed by atoms with E-state index in [2.05, 4.69) is 24.2 Å². The van der Waals surface area contributed by atoms with E-state index in [1.807, 2.05) is 17.9 Å². The third kappa shape index (κ3) is 4.20. The summed E-state index contributed by atoms with van der Waals surface area (Å²) in [5, 5.41) is 7.70. The number of piperazine rings is 1. The number of aromatic nitrogens is 2. The monoisotopic (exact) mass is 374 g/mol. The van der Waals surface area contributed by atoms with Crippen molar-refractivity contribution in [3.05, 3.63) is 39.1 Å². The van der Waals surface area contributed by atoms with Gasteiger partial charge in [-0.3, -0.25) is 4.79 Å². The van der Waals surface area contributed by atoms with Crippen LogP contribution in [0.25, 0.3) is 0 Å². The van der Waals surface area contributed by atoms with Crippen LogP contribution >= 0.6 is 0 Å². The molecule has 1 fully saturated rings. The number of hydrogen-bond donors (Lipinski definition) is 0. The van der Waals surface area contributed by atoms with Crippen molar-refractivity contribution in [3.8, 4) is 0 Å². The predicted molar refractivity (Wildman–Crippen MR) is 100 cm³/mol. The lowest BCUT2D eigenvalue weighted by Crippen LogP contribution is -2.50. The smallest absolute Gasteiger partial charge is 0.349 e. The second-order valence-electron chi connectivity index (χ2n) is 7.44. The van der Waals surface area contributed by atoms with E-state index in [4.69, 9.17) is 9.05 Å². The van der Waals surface area contributed by atoms with Gasteiger partial charge in [0.15, 0.2) is 5.82 Å². The zero-order valence-corrected chi connectivity index (χ0v) is 16.3. The Labute approximate surface area is 158 Å². The quantitative estimate of drug-likeness (QED) is 0.792. The lowest BCUT2D eigenvalue weighted by Gasteiger charge is -2.34. The number of carbonyl (C=O) groups is 1. The lowest BCUT2D eigenvalue weighted by molar-refractivity contribution is 0.0740. The first-order valence-corrected chi connectivity index (χ1v) is 9.33. The summed E-state index contributed by atoms with van der Waals surface area (Å²) in [6.45, 7) is 10.1. The molecule has 0 bridgehead atoms. The summed E-state index contributed by atoms with van der Waals surface area (Å²) in [6.07, 6.45) is 1.64. The SMILES string of the molecule is Cc1cc(CCC(C)C)oc(=O)c1C(=O)N1CCN(c2nonc2C)CC1. The van der Waals surface area contributed by atoms with E-state index in [-0.39, 0.29) is 11.5 Å². The van der Waals surface area contributed by atoms with Gasteiger partial charge in [0.1, 0.15) is 17.0 Å². The molecule has 146 valence electrons. The summed E-state index contributed by atoms with van der Waals surface area (Å²) in [7, 11) is 0. The second-order valence-corrected chi connectivity index (χ2v) is 7.44. The Morgan fingerprint density at radius 3 is 2.44 bits per heavy atom. The Balaban J connectivity index is 1.69. The Morgan fingerprint density at radius 2 is 1.89 bits per heavy atom. The Kier molecular flexibility index (Phi) is 5.62. The van der Waals surface area contributed by atoms with Crippen LogP contribution in [-0.2, 0) is 6.42 Å². The summed E-state index contributed by atoms with van der Waals surface area (Å²) < 4.78 is 10.1. The van der Waals surface area contributed by atoms with Gasteiger partial charge < -0.3 is 14.2 Å². The van der Waals surface area contributed by atoms with Crippen LogP contribution in [0, 0.1) is 19.8 Å². The van der Waals surface area contributed by atoms with Gasteiger partial charge in [0.25, 0.3) is 5.91 Å². The molecule has 1 aliphatic rings. The molecule has 0 saturated carbocycles. The lowest BCUT2D eigenvalue weighted by atomic mass is 10.0. The zero-order chi connectivity index (χ0) is 19.6. The van der Waals surface area contributed by atoms with E-state index in [9.17, 15) is 9.59 Å². The van der Waals surface area contributed by atoms with E-state index < -0.39 is 5.63 Å². The molecular weight excluding hydrogens is 348 g/mol. The molecule has 1 saturated heterocycles. The number of aryl methyl sites for hydroxylation is 3. The van der Waals surface area contributed by atoms with Gasteiger partial charge in [-0.15, -0.1) is 0 Å². The fraction of sp³-hybridized carbons (Fsp3) is 0.579. The molecule has 0 aliphatic carbocycles. The highest BCUT2D eigenvalue weighted by Gasteiger charge is 2.28. The van der Waals surface area contributed by atoms with Gasteiger partial charge in [-0.1, -0.05) is 19.0 Å². The van der Waals surface area contributed by atoms with E-state index in [0.29, 0.717) is 55.7 Å². The molecule has 0 aromatic carbocycles. The summed E-state index contributed by atoms with van der Waals surface area (Å²) in [6, 6.07) is 1.82. The molecule has 0 unspecified atom stereocenters. The summed E-state index contributed by atoms with van der Waals surface area (Å²) in [5.74, 6) is 1.59. The van der Waals surface area contributed by atoms with E-state index in [1.54, 1.807) is 11.8 Å². The van der Waals surface area contributed by atoms with E-state index in [1.165, 1.54) is 0 Å². The van der Waals surface area contributed by atoms with Crippen molar-refractivity contribution < 1.29 is 13.8 Å². The number of nitrogens with zero attached hydrogens (tertiary/aromatic N) is 4. The average Bonchev–Trinajstić information content (AvgIpc) is 3.05. The van der Waals surface area contributed by atoms with E-state index in [0.717, 1.165) is 12.1 Å². The third-order valence-electron chi connectivity index (χ3n) is 4.88. The maximum absolute atomic E-state index is 12.9. The van der Waals surface area contributed by atoms with Crippen molar-refractivity contribution >= 4 is 11.7 Å². The topological polar surface area (TPSA) is 92.7 Å². The summed E-state index contributed by atoms with van der Waals surface area (Å²) >= 11 is 0. The molecule has 2 aromatic rings. The molecule has 27 heavy (non-hydrogen) atoms. The molecule has 8 heteroatoms. The van der Waals surface area contributed by atoms with Crippen LogP contribution in [-0.4, -0.2) is 47.3 Å². The van der Waals surface area contributed by atoms with Gasteiger partial charge in [0, 0.05) is 32.6 Å². The zero-order valence-electron chi connectivity index (χ0n) is 16.3. The predicted octanol–water partition coefficient (Wildman–Crippen LogP) is 2.19. The van der Waals surface area contributed by atoms with Gasteiger partial charge >= 0.3 is 5.63 Å². The summed E-state index contributed by atoms with van der Waals surface area (Å²) in [4.78, 5) is 29.0. The van der Waals surface area contributed by atoms with E-state index >= 15 is 0 Å². The van der Waals surface area contributed by atoms with Gasteiger partial charge in [0.2, 0.25) is 0 Å². The van der Waals surface area contributed by atoms with Crippen LogP contribution in [0.1, 0.15) is 47.6 Å². The molecule has 0 radical (unpaired) electrons. The van der Waals surface area contributed by atoms with Gasteiger partial charge in [-0.05, 0) is 43.0 Å². The molecule has 2 aromatic heterocycles. The average molecular weight is 374 g/mol. The minimum atomic E-state index is -0.544. The summed E-state index contributed by atoms with van der Waals surface area (Å²) in [5.41, 5.74) is 0.992. The van der Waals surface area contributed by atoms with Crippen molar-refractivity contribution in [2.24, 2.45) is 5.92 Å². The van der Waals surface area contributed by atoms with Crippen molar-refractivity contribution in [1.82, 2.24) is 15.2 Å². The standard InChI is InChI=1S/C19H26N4O4/c1-12(2)5-6-15-11-13(3)16(19(25)26-15)18(24)23-9-7-22(8-10-23)17-14(4)20-27-21-17/h11-12H,5-10H2,1-4H3. The number of rotatable bonds is 5. The van der Waals surface area contributed by atoms with Crippen LogP contribution < -0.4 is 10.5 Å². The van der Waals surface area contributed by atoms with Crippen LogP contribution in [0.4, 0.5) is 5.82 Å². The van der Waals surface area contributed by atoms with Crippen molar-refractivity contribution in [3.63, 3.8) is 0 Å². The van der Waals surface area contributed by atoms with Crippen LogP contribution in [0.15, 0.2) is 19.9 Å². The van der Waals surface area contributed by atoms with Gasteiger partial charge in [-0.25, -0.2) is 9.42 Å². The van der Waals surface area contributed by atoms with Gasteiger partial charge in [0.05, 0.1) is 0 Å². The highest BCUT2D eigenvalue weighted by molar-refractivity contribution is 5.95. The molecule has 0 N–H and O–H groups in total. The number of carbonyl (C=O) groups excluding carboxylic acids is 1. The Hall–Kier alpha value is -2.64. The molecule has 3 heterocycles. The fourth-order valence-corrected chi connectivity index (χ4v) is 3.28. The molecular formula is C19H26N4O4. The number of amides is 1.